The van der Waals surface area contributed by atoms with E-state index in [1.165, 1.54) is 24.3 Å². The Bertz CT molecular complexity index is 543. The Morgan fingerprint density at radius 2 is 1.72 bits per heavy atom. The second kappa shape index (κ2) is 6.07. The third-order valence-electron chi connectivity index (χ3n) is 2.55. The predicted molar refractivity (Wildman–Crippen MR) is 71.0 cm³/mol. The van der Waals surface area contributed by atoms with Gasteiger partial charge in [0.1, 0.15) is 11.6 Å². The molecule has 0 atom stereocenters. The van der Waals surface area contributed by atoms with E-state index in [2.05, 4.69) is 21.2 Å². The molecule has 1 nitrogen and oxygen atoms in total. The first-order chi connectivity index (χ1) is 8.65. The van der Waals surface area contributed by atoms with Crippen molar-refractivity contribution in [3.63, 3.8) is 0 Å². The van der Waals surface area contributed by atoms with Crippen LogP contribution in [0.3, 0.4) is 0 Å². The van der Waals surface area contributed by atoms with Gasteiger partial charge in [0, 0.05) is 17.6 Å². The van der Waals surface area contributed by atoms with Gasteiger partial charge in [0.25, 0.3) is 0 Å². The average molecular weight is 312 g/mol. The highest BCUT2D eigenvalue weighted by atomic mass is 79.9. The van der Waals surface area contributed by atoms with E-state index in [0.717, 1.165) is 15.6 Å². The van der Waals surface area contributed by atoms with Gasteiger partial charge in [0.15, 0.2) is 0 Å². The quantitative estimate of drug-likeness (QED) is 0.899. The topological polar surface area (TPSA) is 12.0 Å². The lowest BCUT2D eigenvalue weighted by Gasteiger charge is -2.07. The summed E-state index contributed by atoms with van der Waals surface area (Å²) in [6.45, 7) is 1.17. The number of hydrogen-bond acceptors (Lipinski definition) is 1. The van der Waals surface area contributed by atoms with Crippen LogP contribution < -0.4 is 5.32 Å². The lowest BCUT2D eigenvalue weighted by atomic mass is 10.2. The summed E-state index contributed by atoms with van der Waals surface area (Å²) in [5, 5.41) is 3.19. The summed E-state index contributed by atoms with van der Waals surface area (Å²) in [4.78, 5) is 0. The van der Waals surface area contributed by atoms with Gasteiger partial charge in [-0.25, -0.2) is 8.78 Å². The molecule has 0 spiro atoms. The molecule has 94 valence electrons. The molecule has 0 amide bonds. The molecule has 18 heavy (non-hydrogen) atoms. The minimum absolute atomic E-state index is 0.239. The molecule has 0 radical (unpaired) electrons. The molecule has 0 saturated carbocycles. The molecule has 2 aromatic rings. The largest absolute Gasteiger partial charge is 0.309 e. The van der Waals surface area contributed by atoms with E-state index < -0.39 is 0 Å². The molecule has 0 aliphatic rings. The summed E-state index contributed by atoms with van der Waals surface area (Å²) < 4.78 is 26.6. The zero-order chi connectivity index (χ0) is 13.0. The zero-order valence-corrected chi connectivity index (χ0v) is 11.2. The molecule has 0 heterocycles. The highest BCUT2D eigenvalue weighted by molar-refractivity contribution is 9.10. The molecule has 0 bridgehead atoms. The summed E-state index contributed by atoms with van der Waals surface area (Å²) in [5.74, 6) is -0.506. The molecular formula is C14H12BrF2N. The van der Waals surface area contributed by atoms with Crippen molar-refractivity contribution in [2.45, 2.75) is 13.1 Å². The second-order valence-corrected chi connectivity index (χ2v) is 4.82. The predicted octanol–water partition coefficient (Wildman–Crippen LogP) is 4.02. The van der Waals surface area contributed by atoms with Crippen LogP contribution in [0.1, 0.15) is 11.1 Å². The minimum Gasteiger partial charge on any atom is -0.309 e. The highest BCUT2D eigenvalue weighted by Crippen LogP contribution is 2.17. The van der Waals surface area contributed by atoms with Crippen LogP contribution in [0, 0.1) is 11.6 Å². The normalized spacial score (nSPS) is 10.6. The number of hydrogen-bond donors (Lipinski definition) is 1. The van der Waals surface area contributed by atoms with Crippen LogP contribution in [-0.2, 0) is 13.1 Å². The first-order valence-corrected chi connectivity index (χ1v) is 6.33. The van der Waals surface area contributed by atoms with E-state index in [1.54, 1.807) is 12.1 Å². The highest BCUT2D eigenvalue weighted by Gasteiger charge is 2.01. The minimum atomic E-state index is -0.268. The van der Waals surface area contributed by atoms with Crippen molar-refractivity contribution in [2.75, 3.05) is 0 Å². The Hall–Kier alpha value is -1.26. The Kier molecular flexibility index (Phi) is 4.44. The molecule has 1 N–H and O–H groups in total. The van der Waals surface area contributed by atoms with E-state index in [9.17, 15) is 8.78 Å². The van der Waals surface area contributed by atoms with Gasteiger partial charge in [-0.05, 0) is 35.4 Å². The van der Waals surface area contributed by atoms with Gasteiger partial charge in [0.2, 0.25) is 0 Å². The van der Waals surface area contributed by atoms with Crippen LogP contribution in [0.5, 0.6) is 0 Å². The lowest BCUT2D eigenvalue weighted by Crippen LogP contribution is -2.13. The van der Waals surface area contributed by atoms with E-state index in [4.69, 9.17) is 0 Å². The van der Waals surface area contributed by atoms with Gasteiger partial charge >= 0.3 is 0 Å². The van der Waals surface area contributed by atoms with Gasteiger partial charge in [0.05, 0.1) is 0 Å². The Morgan fingerprint density at radius 1 is 0.944 bits per heavy atom. The molecule has 0 fully saturated rings. The molecule has 2 aromatic carbocycles. The zero-order valence-electron chi connectivity index (χ0n) is 9.59. The molecule has 0 aromatic heterocycles. The molecule has 2 rings (SSSR count). The Balaban J connectivity index is 1.92. The standard InChI is InChI=1S/C14H12BrF2N/c15-14-7-13(17)5-4-11(14)9-18-8-10-2-1-3-12(16)6-10/h1-7,18H,8-9H2. The summed E-state index contributed by atoms with van der Waals surface area (Å²) >= 11 is 3.31. The van der Waals surface area contributed by atoms with Crippen LogP contribution in [0.2, 0.25) is 0 Å². The summed E-state index contributed by atoms with van der Waals surface area (Å²) in [5.41, 5.74) is 1.85. The first kappa shape index (κ1) is 13.2. The third-order valence-corrected chi connectivity index (χ3v) is 3.29. The van der Waals surface area contributed by atoms with Crippen LogP contribution in [0.25, 0.3) is 0 Å². The van der Waals surface area contributed by atoms with Crippen LogP contribution >= 0.6 is 15.9 Å². The SMILES string of the molecule is Fc1cccc(CNCc2ccc(F)cc2Br)c1. The van der Waals surface area contributed by atoms with Gasteiger partial charge < -0.3 is 5.32 Å². The monoisotopic (exact) mass is 311 g/mol. The van der Waals surface area contributed by atoms with E-state index in [1.807, 2.05) is 6.07 Å². The summed E-state index contributed by atoms with van der Waals surface area (Å²) in [7, 11) is 0. The number of benzene rings is 2. The fraction of sp³-hybridized carbons (Fsp3) is 0.143. The van der Waals surface area contributed by atoms with Crippen molar-refractivity contribution in [3.8, 4) is 0 Å². The van der Waals surface area contributed by atoms with E-state index >= 15 is 0 Å². The fourth-order valence-electron chi connectivity index (χ4n) is 1.65. The Morgan fingerprint density at radius 3 is 2.44 bits per heavy atom. The second-order valence-electron chi connectivity index (χ2n) is 3.97. The molecule has 0 saturated heterocycles. The summed E-state index contributed by atoms with van der Waals surface area (Å²) in [6, 6.07) is 11.0. The molecule has 0 unspecified atom stereocenters. The third kappa shape index (κ3) is 3.62. The number of halogens is 3. The van der Waals surface area contributed by atoms with Crippen LogP contribution in [0.4, 0.5) is 8.78 Å². The van der Waals surface area contributed by atoms with Gasteiger partial charge in [-0.3, -0.25) is 0 Å². The molecule has 0 aliphatic carbocycles. The molecule has 4 heteroatoms. The average Bonchev–Trinajstić information content (AvgIpc) is 2.32. The smallest absolute Gasteiger partial charge is 0.124 e. The van der Waals surface area contributed by atoms with Crippen molar-refractivity contribution >= 4 is 15.9 Å². The van der Waals surface area contributed by atoms with Crippen molar-refractivity contribution in [1.29, 1.82) is 0 Å². The van der Waals surface area contributed by atoms with Crippen molar-refractivity contribution in [1.82, 2.24) is 5.32 Å². The molecular weight excluding hydrogens is 300 g/mol. The number of nitrogens with one attached hydrogen (secondary N) is 1. The summed E-state index contributed by atoms with van der Waals surface area (Å²) in [6.07, 6.45) is 0. The maximum Gasteiger partial charge on any atom is 0.124 e. The maximum atomic E-state index is 12.9. The van der Waals surface area contributed by atoms with Gasteiger partial charge in [-0.1, -0.05) is 34.1 Å². The fourth-order valence-corrected chi connectivity index (χ4v) is 2.14. The lowest BCUT2D eigenvalue weighted by molar-refractivity contribution is 0.617. The van der Waals surface area contributed by atoms with E-state index in [-0.39, 0.29) is 11.6 Å². The van der Waals surface area contributed by atoms with Crippen LogP contribution in [-0.4, -0.2) is 0 Å². The first-order valence-electron chi connectivity index (χ1n) is 5.54. The van der Waals surface area contributed by atoms with Crippen molar-refractivity contribution in [3.05, 3.63) is 69.7 Å². The van der Waals surface area contributed by atoms with Crippen LogP contribution in [0.15, 0.2) is 46.9 Å². The maximum absolute atomic E-state index is 12.9. The van der Waals surface area contributed by atoms with Gasteiger partial charge in [-0.15, -0.1) is 0 Å². The van der Waals surface area contributed by atoms with E-state index in [0.29, 0.717) is 13.1 Å². The van der Waals surface area contributed by atoms with Crippen molar-refractivity contribution < 1.29 is 8.78 Å². The Labute approximate surface area is 113 Å². The van der Waals surface area contributed by atoms with Crippen molar-refractivity contribution in [2.24, 2.45) is 0 Å². The molecule has 0 aliphatic heterocycles. The number of rotatable bonds is 4. The van der Waals surface area contributed by atoms with Gasteiger partial charge in [-0.2, -0.15) is 0 Å².